The molecule has 0 aliphatic carbocycles. The van der Waals surface area contributed by atoms with Crippen LogP contribution >= 0.6 is 0 Å². The maximum atomic E-state index is 13.9. The van der Waals surface area contributed by atoms with Crippen molar-refractivity contribution in [2.24, 2.45) is 0 Å². The van der Waals surface area contributed by atoms with E-state index in [0.717, 1.165) is 5.56 Å². The van der Waals surface area contributed by atoms with Crippen LogP contribution in [0.4, 0.5) is 4.39 Å². The SMILES string of the molecule is CNC(=O)[C@@H]1CN(C(=O)c2ccnc(Oc3ccccc3F)c2)CCN1Cc1ccccc1. The standard InChI is InChI=1S/C25H25FN4O3/c1-27-24(31)21-17-30(14-13-29(21)16-18-7-3-2-4-8-18)25(32)19-11-12-28-23(15-19)33-22-10-6-5-9-20(22)26/h2-12,15,21H,13-14,16-17H2,1H3,(H,27,31)/t21-/m0/s1. The molecule has 0 radical (unpaired) electrons. The van der Waals surface area contributed by atoms with Gasteiger partial charge in [0.25, 0.3) is 5.91 Å². The maximum absolute atomic E-state index is 13.9. The number of hydrogen-bond donors (Lipinski definition) is 1. The molecule has 33 heavy (non-hydrogen) atoms. The molecule has 1 fully saturated rings. The van der Waals surface area contributed by atoms with Crippen LogP contribution < -0.4 is 10.1 Å². The van der Waals surface area contributed by atoms with Crippen LogP contribution in [0.3, 0.4) is 0 Å². The maximum Gasteiger partial charge on any atom is 0.254 e. The molecule has 2 amide bonds. The van der Waals surface area contributed by atoms with Crippen molar-refractivity contribution in [3.8, 4) is 11.6 Å². The van der Waals surface area contributed by atoms with E-state index in [4.69, 9.17) is 4.74 Å². The van der Waals surface area contributed by atoms with Crippen LogP contribution in [0.25, 0.3) is 0 Å². The predicted octanol–water partition coefficient (Wildman–Crippen LogP) is 3.09. The van der Waals surface area contributed by atoms with Gasteiger partial charge in [-0.1, -0.05) is 42.5 Å². The van der Waals surface area contributed by atoms with Crippen LogP contribution in [0.2, 0.25) is 0 Å². The van der Waals surface area contributed by atoms with Crippen molar-refractivity contribution < 1.29 is 18.7 Å². The third-order valence-corrected chi connectivity index (χ3v) is 5.59. The first-order chi connectivity index (χ1) is 16.0. The molecule has 2 aromatic carbocycles. The topological polar surface area (TPSA) is 74.8 Å². The van der Waals surface area contributed by atoms with E-state index in [9.17, 15) is 14.0 Å². The number of amides is 2. The first kappa shape index (κ1) is 22.4. The number of benzene rings is 2. The fourth-order valence-corrected chi connectivity index (χ4v) is 3.85. The van der Waals surface area contributed by atoms with Crippen molar-refractivity contribution in [3.05, 3.63) is 89.9 Å². The van der Waals surface area contributed by atoms with E-state index in [0.29, 0.717) is 25.2 Å². The minimum atomic E-state index is -0.515. The summed E-state index contributed by atoms with van der Waals surface area (Å²) in [5, 5.41) is 2.71. The zero-order chi connectivity index (χ0) is 23.2. The Bertz CT molecular complexity index is 1130. The highest BCUT2D eigenvalue weighted by molar-refractivity contribution is 5.95. The van der Waals surface area contributed by atoms with Gasteiger partial charge in [0.2, 0.25) is 11.8 Å². The lowest BCUT2D eigenvalue weighted by Gasteiger charge is -2.40. The van der Waals surface area contributed by atoms with E-state index in [-0.39, 0.29) is 30.0 Å². The Morgan fingerprint density at radius 1 is 1.09 bits per heavy atom. The van der Waals surface area contributed by atoms with Gasteiger partial charge in [-0.25, -0.2) is 9.37 Å². The number of aromatic nitrogens is 1. The van der Waals surface area contributed by atoms with Gasteiger partial charge in [0.15, 0.2) is 11.6 Å². The molecule has 4 rings (SSSR count). The van der Waals surface area contributed by atoms with Crippen LogP contribution in [0, 0.1) is 5.82 Å². The molecule has 0 bridgehead atoms. The zero-order valence-corrected chi connectivity index (χ0v) is 18.3. The van der Waals surface area contributed by atoms with Gasteiger partial charge in [0.1, 0.15) is 6.04 Å². The summed E-state index contributed by atoms with van der Waals surface area (Å²) in [4.78, 5) is 33.6. The van der Waals surface area contributed by atoms with Gasteiger partial charge in [0, 0.05) is 51.1 Å². The summed E-state index contributed by atoms with van der Waals surface area (Å²) in [6, 6.07) is 18.5. The zero-order valence-electron chi connectivity index (χ0n) is 18.3. The quantitative estimate of drug-likeness (QED) is 0.627. The number of carbonyl (C=O) groups is 2. The van der Waals surface area contributed by atoms with Gasteiger partial charge in [0.05, 0.1) is 0 Å². The van der Waals surface area contributed by atoms with E-state index in [2.05, 4.69) is 15.2 Å². The highest BCUT2D eigenvalue weighted by atomic mass is 19.1. The molecule has 2 heterocycles. The van der Waals surface area contributed by atoms with Crippen LogP contribution in [0.5, 0.6) is 11.6 Å². The number of piperazine rings is 1. The fraction of sp³-hybridized carbons (Fsp3) is 0.240. The van der Waals surface area contributed by atoms with Crippen molar-refractivity contribution >= 4 is 11.8 Å². The number of pyridine rings is 1. The molecule has 0 spiro atoms. The number of ether oxygens (including phenoxy) is 1. The highest BCUT2D eigenvalue weighted by Gasteiger charge is 2.34. The van der Waals surface area contributed by atoms with E-state index < -0.39 is 11.9 Å². The number of hydrogen-bond acceptors (Lipinski definition) is 5. The summed E-state index contributed by atoms with van der Waals surface area (Å²) in [7, 11) is 1.60. The lowest BCUT2D eigenvalue weighted by Crippen LogP contribution is -2.59. The molecule has 1 aromatic heterocycles. The number of likely N-dealkylation sites (N-methyl/N-ethyl adjacent to an activating group) is 1. The van der Waals surface area contributed by atoms with Gasteiger partial charge < -0.3 is 15.0 Å². The van der Waals surface area contributed by atoms with Crippen molar-refractivity contribution in [2.45, 2.75) is 12.6 Å². The Labute approximate surface area is 191 Å². The molecule has 1 aliphatic rings. The first-order valence-electron chi connectivity index (χ1n) is 10.7. The molecule has 3 aromatic rings. The smallest absolute Gasteiger partial charge is 0.254 e. The largest absolute Gasteiger partial charge is 0.436 e. The molecule has 1 aliphatic heterocycles. The average molecular weight is 448 g/mol. The molecular weight excluding hydrogens is 423 g/mol. The van der Waals surface area contributed by atoms with Crippen LogP contribution in [0.1, 0.15) is 15.9 Å². The number of nitrogens with one attached hydrogen (secondary N) is 1. The summed E-state index contributed by atoms with van der Waals surface area (Å²) >= 11 is 0. The minimum Gasteiger partial charge on any atom is -0.436 e. The summed E-state index contributed by atoms with van der Waals surface area (Å²) < 4.78 is 19.4. The third kappa shape index (κ3) is 5.35. The van der Waals surface area contributed by atoms with E-state index in [1.54, 1.807) is 30.1 Å². The molecule has 170 valence electrons. The van der Waals surface area contributed by atoms with Crippen LogP contribution in [0.15, 0.2) is 72.9 Å². The lowest BCUT2D eigenvalue weighted by atomic mass is 10.1. The number of para-hydroxylation sites is 1. The van der Waals surface area contributed by atoms with Gasteiger partial charge in [-0.05, 0) is 23.8 Å². The molecule has 1 N–H and O–H groups in total. The van der Waals surface area contributed by atoms with Crippen LogP contribution in [-0.4, -0.2) is 59.3 Å². The minimum absolute atomic E-state index is 0.0313. The second-order valence-electron chi connectivity index (χ2n) is 7.75. The number of carbonyl (C=O) groups excluding carboxylic acids is 2. The fourth-order valence-electron chi connectivity index (χ4n) is 3.85. The number of rotatable bonds is 6. The predicted molar refractivity (Wildman–Crippen MR) is 121 cm³/mol. The average Bonchev–Trinajstić information content (AvgIpc) is 2.85. The molecule has 0 saturated carbocycles. The Morgan fingerprint density at radius 3 is 2.61 bits per heavy atom. The van der Waals surface area contributed by atoms with Crippen molar-refractivity contribution in [1.82, 2.24) is 20.1 Å². The third-order valence-electron chi connectivity index (χ3n) is 5.59. The van der Waals surface area contributed by atoms with Crippen molar-refractivity contribution in [2.75, 3.05) is 26.7 Å². The Balaban J connectivity index is 1.48. The van der Waals surface area contributed by atoms with Crippen molar-refractivity contribution in [1.29, 1.82) is 0 Å². The van der Waals surface area contributed by atoms with E-state index in [1.807, 2.05) is 30.3 Å². The van der Waals surface area contributed by atoms with Gasteiger partial charge in [-0.15, -0.1) is 0 Å². The number of halogens is 1. The van der Waals surface area contributed by atoms with Crippen molar-refractivity contribution in [3.63, 3.8) is 0 Å². The molecule has 0 unspecified atom stereocenters. The summed E-state index contributed by atoms with van der Waals surface area (Å²) in [5.74, 6) is -0.731. The second-order valence-corrected chi connectivity index (χ2v) is 7.75. The van der Waals surface area contributed by atoms with E-state index in [1.165, 1.54) is 24.4 Å². The van der Waals surface area contributed by atoms with Gasteiger partial charge in [-0.2, -0.15) is 0 Å². The van der Waals surface area contributed by atoms with Crippen LogP contribution in [-0.2, 0) is 11.3 Å². The summed E-state index contributed by atoms with van der Waals surface area (Å²) in [6.07, 6.45) is 1.45. The second kappa shape index (κ2) is 10.2. The summed E-state index contributed by atoms with van der Waals surface area (Å²) in [6.45, 7) is 1.92. The number of nitrogens with zero attached hydrogens (tertiary/aromatic N) is 3. The van der Waals surface area contributed by atoms with Gasteiger partial charge >= 0.3 is 0 Å². The first-order valence-corrected chi connectivity index (χ1v) is 10.7. The Kier molecular flexibility index (Phi) is 6.95. The normalized spacial score (nSPS) is 16.3. The Hall–Kier alpha value is -3.78. The Morgan fingerprint density at radius 2 is 1.85 bits per heavy atom. The summed E-state index contributed by atoms with van der Waals surface area (Å²) in [5.41, 5.74) is 1.47. The molecule has 1 saturated heterocycles. The highest BCUT2D eigenvalue weighted by Crippen LogP contribution is 2.24. The van der Waals surface area contributed by atoms with Gasteiger partial charge in [-0.3, -0.25) is 14.5 Å². The molecular formula is C25H25FN4O3. The van der Waals surface area contributed by atoms with E-state index >= 15 is 0 Å². The molecule has 8 heteroatoms. The molecule has 1 atom stereocenters. The lowest BCUT2D eigenvalue weighted by molar-refractivity contribution is -0.128. The molecule has 7 nitrogen and oxygen atoms in total. The monoisotopic (exact) mass is 448 g/mol.